The molecule has 254 valence electrons. The van der Waals surface area contributed by atoms with Crippen LogP contribution in [0.5, 0.6) is 0 Å². The zero-order chi connectivity index (χ0) is 35.8. The molecule has 0 aliphatic heterocycles. The van der Waals surface area contributed by atoms with Gasteiger partial charge in [0.2, 0.25) is 0 Å². The van der Waals surface area contributed by atoms with Crippen molar-refractivity contribution in [2.24, 2.45) is 0 Å². The highest BCUT2D eigenvalue weighted by Crippen LogP contribution is 2.51. The van der Waals surface area contributed by atoms with Gasteiger partial charge in [0.25, 0.3) is 0 Å². The molecular formula is C49H53N. The minimum atomic E-state index is -0.0306. The Morgan fingerprint density at radius 2 is 1.02 bits per heavy atom. The summed E-state index contributed by atoms with van der Waals surface area (Å²) in [5.74, 6) is 0. The summed E-state index contributed by atoms with van der Waals surface area (Å²) in [6.07, 6.45) is 0. The molecule has 7 rings (SSSR count). The van der Waals surface area contributed by atoms with Gasteiger partial charge >= 0.3 is 0 Å². The van der Waals surface area contributed by atoms with Crippen LogP contribution in [0.1, 0.15) is 104 Å². The third-order valence-corrected chi connectivity index (χ3v) is 10.9. The highest BCUT2D eigenvalue weighted by Gasteiger charge is 2.36. The maximum absolute atomic E-state index is 2.47. The van der Waals surface area contributed by atoms with Crippen LogP contribution in [0.2, 0.25) is 0 Å². The fraction of sp³-hybridized carbons (Fsp3) is 0.306. The number of anilines is 3. The summed E-state index contributed by atoms with van der Waals surface area (Å²) in [6, 6.07) is 45.9. The van der Waals surface area contributed by atoms with Gasteiger partial charge in [0.1, 0.15) is 0 Å². The second kappa shape index (κ2) is 11.7. The molecule has 1 nitrogen and oxygen atoms in total. The Kier molecular flexibility index (Phi) is 7.94. The standard InChI is InChI=1S/C49H53N/c1-46(2,3)39-30-28-35(45-37(39)18-16-21-43(45)48(7,8)9)32-23-25-33(26-24-32)50(44-22-15-14-20-42(44)47(4,5)6)34-27-29-41-38(31-34)36-17-12-13-19-40(36)49(41,10)11/h12-31H,1-11H3. The van der Waals surface area contributed by atoms with E-state index in [1.807, 2.05) is 0 Å². The van der Waals surface area contributed by atoms with Crippen LogP contribution in [0.3, 0.4) is 0 Å². The molecule has 50 heavy (non-hydrogen) atoms. The Morgan fingerprint density at radius 3 is 1.70 bits per heavy atom. The first kappa shape index (κ1) is 33.9. The normalized spacial score (nSPS) is 14.1. The van der Waals surface area contributed by atoms with Crippen LogP contribution in [0.25, 0.3) is 33.0 Å². The Morgan fingerprint density at radius 1 is 0.440 bits per heavy atom. The number of rotatable bonds is 4. The first-order valence-electron chi connectivity index (χ1n) is 18.3. The van der Waals surface area contributed by atoms with E-state index in [0.29, 0.717) is 0 Å². The maximum Gasteiger partial charge on any atom is 0.0498 e. The van der Waals surface area contributed by atoms with Gasteiger partial charge in [0, 0.05) is 22.5 Å². The molecule has 6 aromatic carbocycles. The van der Waals surface area contributed by atoms with Gasteiger partial charge in [-0.1, -0.05) is 167 Å². The van der Waals surface area contributed by atoms with E-state index in [1.54, 1.807) is 0 Å². The van der Waals surface area contributed by atoms with Crippen molar-refractivity contribution in [3.63, 3.8) is 0 Å². The predicted octanol–water partition coefficient (Wildman–Crippen LogP) is 14.2. The minimum absolute atomic E-state index is 0.0128. The maximum atomic E-state index is 2.47. The van der Waals surface area contributed by atoms with E-state index < -0.39 is 0 Å². The monoisotopic (exact) mass is 655 g/mol. The lowest BCUT2D eigenvalue weighted by molar-refractivity contribution is 0.591. The van der Waals surface area contributed by atoms with Gasteiger partial charge in [-0.05, 0) is 107 Å². The molecule has 0 aromatic heterocycles. The average molecular weight is 656 g/mol. The number of fused-ring (bicyclic) bond motifs is 4. The SMILES string of the molecule is CC(C)(C)c1ccccc1N(c1ccc(-c2ccc(C(C)(C)C)c3cccc(C(C)(C)C)c23)cc1)c1ccc2c(c1)-c1ccccc1C2(C)C. The molecule has 0 amide bonds. The largest absolute Gasteiger partial charge is 0.310 e. The van der Waals surface area contributed by atoms with Crippen molar-refractivity contribution in [3.05, 3.63) is 149 Å². The lowest BCUT2D eigenvalue weighted by Crippen LogP contribution is -2.19. The topological polar surface area (TPSA) is 3.24 Å². The molecule has 0 fully saturated rings. The second-order valence-corrected chi connectivity index (χ2v) is 17.9. The first-order valence-corrected chi connectivity index (χ1v) is 18.3. The molecule has 0 spiro atoms. The van der Waals surface area contributed by atoms with E-state index in [2.05, 4.69) is 202 Å². The molecule has 0 radical (unpaired) electrons. The summed E-state index contributed by atoms with van der Waals surface area (Å²) in [5, 5.41) is 2.73. The number of nitrogens with zero attached hydrogens (tertiary/aromatic N) is 1. The molecular weight excluding hydrogens is 603 g/mol. The van der Waals surface area contributed by atoms with Gasteiger partial charge in [0.15, 0.2) is 0 Å². The zero-order valence-corrected chi connectivity index (χ0v) is 32.0. The zero-order valence-electron chi connectivity index (χ0n) is 32.0. The summed E-state index contributed by atoms with van der Waals surface area (Å²) in [4.78, 5) is 2.47. The van der Waals surface area contributed by atoms with Gasteiger partial charge in [-0.3, -0.25) is 0 Å². The van der Waals surface area contributed by atoms with Crippen molar-refractivity contribution < 1.29 is 0 Å². The summed E-state index contributed by atoms with van der Waals surface area (Å²) in [6.45, 7) is 25.6. The van der Waals surface area contributed by atoms with E-state index in [-0.39, 0.29) is 21.7 Å². The highest BCUT2D eigenvalue weighted by atomic mass is 15.1. The molecule has 1 aliphatic rings. The first-order chi connectivity index (χ1) is 23.5. The lowest BCUT2D eigenvalue weighted by atomic mass is 9.77. The van der Waals surface area contributed by atoms with E-state index in [0.717, 1.165) is 5.69 Å². The molecule has 0 saturated heterocycles. The Hall–Kier alpha value is -4.62. The number of hydrogen-bond acceptors (Lipinski definition) is 1. The third-order valence-electron chi connectivity index (χ3n) is 10.9. The van der Waals surface area contributed by atoms with Crippen molar-refractivity contribution in [3.8, 4) is 22.3 Å². The van der Waals surface area contributed by atoms with Crippen molar-refractivity contribution >= 4 is 27.8 Å². The third kappa shape index (κ3) is 5.65. The summed E-state index contributed by atoms with van der Waals surface area (Å²) in [7, 11) is 0. The minimum Gasteiger partial charge on any atom is -0.310 e. The number of hydrogen-bond donors (Lipinski definition) is 0. The molecule has 0 heterocycles. The van der Waals surface area contributed by atoms with Crippen LogP contribution in [0.4, 0.5) is 17.1 Å². The smallest absolute Gasteiger partial charge is 0.0498 e. The quantitative estimate of drug-likeness (QED) is 0.183. The van der Waals surface area contributed by atoms with Gasteiger partial charge < -0.3 is 4.90 Å². The Labute approximate surface area is 301 Å². The van der Waals surface area contributed by atoms with Crippen LogP contribution in [-0.2, 0) is 21.7 Å². The van der Waals surface area contributed by atoms with Gasteiger partial charge in [-0.2, -0.15) is 0 Å². The lowest BCUT2D eigenvalue weighted by Gasteiger charge is -2.32. The van der Waals surface area contributed by atoms with Crippen molar-refractivity contribution in [2.75, 3.05) is 4.90 Å². The molecule has 0 atom stereocenters. The molecule has 0 saturated carbocycles. The molecule has 6 aromatic rings. The second-order valence-electron chi connectivity index (χ2n) is 17.9. The number of benzene rings is 6. The Bertz CT molecular complexity index is 2230. The van der Waals surface area contributed by atoms with Gasteiger partial charge in [0.05, 0.1) is 0 Å². The van der Waals surface area contributed by atoms with Crippen LogP contribution in [-0.4, -0.2) is 0 Å². The fourth-order valence-corrected chi connectivity index (χ4v) is 8.29. The fourth-order valence-electron chi connectivity index (χ4n) is 8.29. The molecule has 0 N–H and O–H groups in total. The average Bonchev–Trinajstić information content (AvgIpc) is 3.29. The van der Waals surface area contributed by atoms with Crippen molar-refractivity contribution in [1.82, 2.24) is 0 Å². The van der Waals surface area contributed by atoms with Crippen molar-refractivity contribution in [2.45, 2.75) is 97.8 Å². The summed E-state index contributed by atoms with van der Waals surface area (Å²) >= 11 is 0. The number of para-hydroxylation sites is 1. The molecule has 0 bridgehead atoms. The molecule has 1 aliphatic carbocycles. The van der Waals surface area contributed by atoms with Crippen LogP contribution < -0.4 is 4.90 Å². The molecule has 0 unspecified atom stereocenters. The van der Waals surface area contributed by atoms with E-state index in [4.69, 9.17) is 0 Å². The van der Waals surface area contributed by atoms with Crippen LogP contribution >= 0.6 is 0 Å². The summed E-state index contributed by atoms with van der Waals surface area (Å²) in [5.41, 5.74) is 15.7. The van der Waals surface area contributed by atoms with Gasteiger partial charge in [-0.15, -0.1) is 0 Å². The highest BCUT2D eigenvalue weighted by molar-refractivity contribution is 6.02. The summed E-state index contributed by atoms with van der Waals surface area (Å²) < 4.78 is 0. The van der Waals surface area contributed by atoms with Crippen LogP contribution in [0.15, 0.2) is 121 Å². The van der Waals surface area contributed by atoms with E-state index in [1.165, 1.54) is 72.2 Å². The predicted molar refractivity (Wildman–Crippen MR) is 218 cm³/mol. The molecule has 1 heteroatoms. The van der Waals surface area contributed by atoms with Crippen molar-refractivity contribution in [1.29, 1.82) is 0 Å². The van der Waals surface area contributed by atoms with Gasteiger partial charge in [-0.25, -0.2) is 0 Å². The van der Waals surface area contributed by atoms with E-state index in [9.17, 15) is 0 Å². The van der Waals surface area contributed by atoms with Crippen LogP contribution in [0, 0.1) is 0 Å². The van der Waals surface area contributed by atoms with E-state index >= 15 is 0 Å². The Balaban J connectivity index is 1.43.